The third kappa shape index (κ3) is 4.48. The molecule has 5 nitrogen and oxygen atoms in total. The third-order valence-electron chi connectivity index (χ3n) is 2.04. The highest BCUT2D eigenvalue weighted by molar-refractivity contribution is 7.89. The fourth-order valence-corrected chi connectivity index (χ4v) is 2.35. The van der Waals surface area contributed by atoms with Crippen molar-refractivity contribution in [3.8, 4) is 0 Å². The van der Waals surface area contributed by atoms with Gasteiger partial charge in [-0.1, -0.05) is 29.8 Å². The molecule has 0 fully saturated rings. The Morgan fingerprint density at radius 3 is 2.67 bits per heavy atom. The van der Waals surface area contributed by atoms with Crippen LogP contribution in [0.15, 0.2) is 29.2 Å². The quantitative estimate of drug-likeness (QED) is 0.870. The summed E-state index contributed by atoms with van der Waals surface area (Å²) < 4.78 is 22.3. The summed E-state index contributed by atoms with van der Waals surface area (Å²) in [6.45, 7) is 1.81. The van der Waals surface area contributed by atoms with Gasteiger partial charge in [0.1, 0.15) is 4.90 Å². The average Bonchev–Trinajstić information content (AvgIpc) is 2.22. The highest BCUT2D eigenvalue weighted by Gasteiger charge is 2.12. The van der Waals surface area contributed by atoms with Crippen LogP contribution in [0.2, 0.25) is 5.02 Å². The van der Waals surface area contributed by atoms with Crippen molar-refractivity contribution >= 4 is 33.6 Å². The van der Waals surface area contributed by atoms with Gasteiger partial charge < -0.3 is 5.32 Å². The molecule has 1 rings (SSSR count). The molecule has 3 N–H and O–H groups in total. The summed E-state index contributed by atoms with van der Waals surface area (Å²) in [5.74, 6) is -0.123. The van der Waals surface area contributed by atoms with Crippen LogP contribution in [-0.2, 0) is 14.8 Å². The normalized spacial score (nSPS) is 11.7. The number of benzene rings is 1. The molecule has 0 aromatic heterocycles. The molecule has 0 aliphatic carbocycles. The fourth-order valence-electron chi connectivity index (χ4n) is 1.25. The molecule has 0 radical (unpaired) electrons. The number of sulfonamides is 1. The Bertz CT molecular complexity index is 582. The molecule has 1 amide bonds. The molecule has 7 heteroatoms. The number of hydrogen-bond acceptors (Lipinski definition) is 3. The van der Waals surface area contributed by atoms with Crippen LogP contribution in [0.4, 0.5) is 0 Å². The summed E-state index contributed by atoms with van der Waals surface area (Å²) in [5, 5.41) is 7.64. The summed E-state index contributed by atoms with van der Waals surface area (Å²) in [5.41, 5.74) is 0.720. The van der Waals surface area contributed by atoms with Crippen LogP contribution in [-0.4, -0.2) is 20.9 Å². The van der Waals surface area contributed by atoms with E-state index in [0.29, 0.717) is 6.54 Å². The molecule has 1 aromatic carbocycles. The van der Waals surface area contributed by atoms with Gasteiger partial charge in [0.05, 0.1) is 5.02 Å². The average molecular weight is 289 g/mol. The topological polar surface area (TPSA) is 89.3 Å². The van der Waals surface area contributed by atoms with E-state index in [1.165, 1.54) is 19.1 Å². The molecule has 0 bridgehead atoms. The number of primary sulfonamides is 1. The predicted molar refractivity (Wildman–Crippen MR) is 70.5 cm³/mol. The Kier molecular flexibility index (Phi) is 4.89. The summed E-state index contributed by atoms with van der Waals surface area (Å²) in [4.78, 5) is 10.5. The zero-order valence-electron chi connectivity index (χ0n) is 9.68. The number of carbonyl (C=O) groups excluding carboxylic acids is 1. The van der Waals surface area contributed by atoms with E-state index in [0.717, 1.165) is 5.56 Å². The van der Waals surface area contributed by atoms with Crippen LogP contribution in [0.3, 0.4) is 0 Å². The Balaban J connectivity index is 2.82. The smallest absolute Gasteiger partial charge is 0.239 e. The van der Waals surface area contributed by atoms with Crippen molar-refractivity contribution in [3.05, 3.63) is 34.9 Å². The zero-order valence-corrected chi connectivity index (χ0v) is 11.3. The molecular formula is C11H13ClN2O3S. The first-order chi connectivity index (χ1) is 8.30. The van der Waals surface area contributed by atoms with E-state index in [9.17, 15) is 13.2 Å². The molecule has 0 heterocycles. The summed E-state index contributed by atoms with van der Waals surface area (Å²) in [6.07, 6.45) is 3.44. The van der Waals surface area contributed by atoms with Crippen molar-refractivity contribution in [3.63, 3.8) is 0 Å². The Labute approximate surface area is 111 Å². The number of rotatable bonds is 4. The van der Waals surface area contributed by atoms with E-state index in [1.54, 1.807) is 18.2 Å². The second-order valence-corrected chi connectivity index (χ2v) is 5.51. The molecule has 0 saturated carbocycles. The van der Waals surface area contributed by atoms with Gasteiger partial charge in [0.15, 0.2) is 0 Å². The molecular weight excluding hydrogens is 276 g/mol. The monoisotopic (exact) mass is 288 g/mol. The van der Waals surface area contributed by atoms with Crippen molar-refractivity contribution in [2.75, 3.05) is 6.54 Å². The number of amides is 1. The van der Waals surface area contributed by atoms with Crippen molar-refractivity contribution < 1.29 is 13.2 Å². The van der Waals surface area contributed by atoms with Gasteiger partial charge >= 0.3 is 0 Å². The van der Waals surface area contributed by atoms with Crippen LogP contribution >= 0.6 is 11.6 Å². The lowest BCUT2D eigenvalue weighted by Crippen LogP contribution is -2.19. The van der Waals surface area contributed by atoms with Crippen LogP contribution in [0, 0.1) is 0 Å². The molecule has 0 aliphatic rings. The van der Waals surface area contributed by atoms with Crippen molar-refractivity contribution in [1.29, 1.82) is 0 Å². The molecule has 98 valence electrons. The standard InChI is InChI=1S/C11H13ClN2O3S/c1-8(15)14-6-2-3-9-4-5-11(10(12)7-9)18(13,16)17/h2-5,7H,6H2,1H3,(H,14,15)(H2,13,16,17). The highest BCUT2D eigenvalue weighted by atomic mass is 35.5. The van der Waals surface area contributed by atoms with Gasteiger partial charge in [-0.3, -0.25) is 4.79 Å². The number of hydrogen-bond donors (Lipinski definition) is 2. The second-order valence-electron chi connectivity index (χ2n) is 3.57. The Hall–Kier alpha value is -1.37. The van der Waals surface area contributed by atoms with Crippen molar-refractivity contribution in [2.24, 2.45) is 5.14 Å². The van der Waals surface area contributed by atoms with E-state index in [1.807, 2.05) is 0 Å². The van der Waals surface area contributed by atoms with Gasteiger partial charge in [0, 0.05) is 13.5 Å². The minimum Gasteiger partial charge on any atom is -0.353 e. The number of halogens is 1. The minimum atomic E-state index is -3.80. The minimum absolute atomic E-state index is 0.0687. The molecule has 0 atom stereocenters. The number of nitrogens with two attached hydrogens (primary N) is 1. The predicted octanol–water partition coefficient (Wildman–Crippen LogP) is 1.14. The number of carbonyl (C=O) groups is 1. The molecule has 0 spiro atoms. The van der Waals surface area contributed by atoms with Gasteiger partial charge in [-0.05, 0) is 17.7 Å². The third-order valence-corrected chi connectivity index (χ3v) is 3.44. The maximum absolute atomic E-state index is 11.1. The van der Waals surface area contributed by atoms with Gasteiger partial charge in [-0.2, -0.15) is 0 Å². The van der Waals surface area contributed by atoms with Crippen molar-refractivity contribution in [2.45, 2.75) is 11.8 Å². The lowest BCUT2D eigenvalue weighted by atomic mass is 10.2. The maximum atomic E-state index is 11.1. The summed E-state index contributed by atoms with van der Waals surface area (Å²) in [7, 11) is -3.80. The van der Waals surface area contributed by atoms with Crippen LogP contribution in [0.25, 0.3) is 6.08 Å². The SMILES string of the molecule is CC(=O)NCC=Cc1ccc(S(N)(=O)=O)c(Cl)c1. The largest absolute Gasteiger partial charge is 0.353 e. The van der Waals surface area contributed by atoms with Gasteiger partial charge in [-0.25, -0.2) is 13.6 Å². The van der Waals surface area contributed by atoms with E-state index < -0.39 is 10.0 Å². The van der Waals surface area contributed by atoms with Gasteiger partial charge in [-0.15, -0.1) is 0 Å². The lowest BCUT2D eigenvalue weighted by molar-refractivity contribution is -0.118. The van der Waals surface area contributed by atoms with Crippen LogP contribution < -0.4 is 10.5 Å². The van der Waals surface area contributed by atoms with E-state index in [4.69, 9.17) is 16.7 Å². The fraction of sp³-hybridized carbons (Fsp3) is 0.182. The zero-order chi connectivity index (χ0) is 13.8. The first-order valence-corrected chi connectivity index (χ1v) is 6.96. The molecule has 1 aromatic rings. The highest BCUT2D eigenvalue weighted by Crippen LogP contribution is 2.21. The summed E-state index contributed by atoms with van der Waals surface area (Å²) >= 11 is 5.81. The number of nitrogens with one attached hydrogen (secondary N) is 1. The molecule has 0 saturated heterocycles. The Morgan fingerprint density at radius 1 is 1.50 bits per heavy atom. The van der Waals surface area contributed by atoms with Crippen LogP contribution in [0.5, 0.6) is 0 Å². The molecule has 0 aliphatic heterocycles. The molecule has 18 heavy (non-hydrogen) atoms. The second kappa shape index (κ2) is 5.99. The maximum Gasteiger partial charge on any atom is 0.239 e. The Morgan fingerprint density at radius 2 is 2.17 bits per heavy atom. The first-order valence-electron chi connectivity index (χ1n) is 5.04. The van der Waals surface area contributed by atoms with E-state index in [-0.39, 0.29) is 15.8 Å². The van der Waals surface area contributed by atoms with E-state index >= 15 is 0 Å². The van der Waals surface area contributed by atoms with Crippen LogP contribution in [0.1, 0.15) is 12.5 Å². The first kappa shape index (κ1) is 14.7. The van der Waals surface area contributed by atoms with Gasteiger partial charge in [0.2, 0.25) is 15.9 Å². The van der Waals surface area contributed by atoms with Crippen molar-refractivity contribution in [1.82, 2.24) is 5.32 Å². The summed E-state index contributed by atoms with van der Waals surface area (Å²) in [6, 6.07) is 4.41. The van der Waals surface area contributed by atoms with E-state index in [2.05, 4.69) is 5.32 Å². The van der Waals surface area contributed by atoms with Gasteiger partial charge in [0.25, 0.3) is 0 Å². The molecule has 0 unspecified atom stereocenters. The lowest BCUT2D eigenvalue weighted by Gasteiger charge is -2.02.